The van der Waals surface area contributed by atoms with Crippen LogP contribution in [0.2, 0.25) is 0 Å². The summed E-state index contributed by atoms with van der Waals surface area (Å²) >= 11 is 1.64. The monoisotopic (exact) mass is 335 g/mol. The Bertz CT molecular complexity index is 672. The molecule has 1 unspecified atom stereocenters. The maximum Gasteiger partial charge on any atom is 0.251 e. The summed E-state index contributed by atoms with van der Waals surface area (Å²) < 4.78 is 5.60. The molecule has 124 valence electrons. The van der Waals surface area contributed by atoms with Crippen LogP contribution in [-0.2, 0) is 11.3 Å². The van der Waals surface area contributed by atoms with Crippen molar-refractivity contribution in [3.8, 4) is 10.8 Å². The number of hydrogen-bond donors (Lipinski definition) is 1. The molecule has 1 N–H and O–H groups in total. The lowest BCUT2D eigenvalue weighted by molar-refractivity contribution is -0.141. The highest BCUT2D eigenvalue weighted by Gasteiger charge is 2.24. The third-order valence-corrected chi connectivity index (χ3v) is 4.92. The second-order valence-electron chi connectivity index (χ2n) is 5.82. The molecule has 1 saturated heterocycles. The summed E-state index contributed by atoms with van der Waals surface area (Å²) in [5.74, 6) is 1.51. The maximum atomic E-state index is 11.8. The van der Waals surface area contributed by atoms with E-state index in [1.807, 2.05) is 25.3 Å². The molecule has 2 aromatic heterocycles. The summed E-state index contributed by atoms with van der Waals surface area (Å²) in [4.78, 5) is 21.4. The van der Waals surface area contributed by atoms with E-state index >= 15 is 0 Å². The van der Waals surface area contributed by atoms with Gasteiger partial charge in [0.2, 0.25) is 0 Å². The number of aliphatic hydroxyl groups is 1. The number of rotatable bonds is 4. The Morgan fingerprint density at radius 2 is 2.13 bits per heavy atom. The first-order valence-corrected chi connectivity index (χ1v) is 8.55. The van der Waals surface area contributed by atoms with Crippen LogP contribution in [0.1, 0.15) is 17.6 Å². The van der Waals surface area contributed by atoms with Crippen molar-refractivity contribution in [2.45, 2.75) is 26.5 Å². The molecule has 0 bridgehead atoms. The van der Waals surface area contributed by atoms with Crippen LogP contribution in [0.25, 0.3) is 10.8 Å². The Kier molecular flexibility index (Phi) is 4.79. The zero-order valence-electron chi connectivity index (χ0n) is 13.4. The van der Waals surface area contributed by atoms with Crippen LogP contribution < -0.4 is 0 Å². The average molecular weight is 335 g/mol. The van der Waals surface area contributed by atoms with E-state index < -0.39 is 6.10 Å². The number of amides is 1. The summed E-state index contributed by atoms with van der Waals surface area (Å²) in [6, 6.07) is 3.88. The van der Waals surface area contributed by atoms with Crippen LogP contribution in [0.4, 0.5) is 0 Å². The molecular formula is C16H21N3O3S. The van der Waals surface area contributed by atoms with Gasteiger partial charge in [-0.15, -0.1) is 11.3 Å². The number of carbonyl (C=O) groups is 1. The van der Waals surface area contributed by atoms with Crippen LogP contribution in [-0.4, -0.2) is 58.1 Å². The number of nitrogens with zero attached hydrogens (tertiary/aromatic N) is 3. The van der Waals surface area contributed by atoms with Crippen molar-refractivity contribution in [2.75, 3.05) is 26.2 Å². The molecule has 0 saturated carbocycles. The van der Waals surface area contributed by atoms with Crippen molar-refractivity contribution in [3.63, 3.8) is 0 Å². The first-order chi connectivity index (χ1) is 11.0. The maximum absolute atomic E-state index is 11.8. The number of thiazole rings is 1. The van der Waals surface area contributed by atoms with E-state index in [0.717, 1.165) is 36.2 Å². The molecular weight excluding hydrogens is 314 g/mol. The van der Waals surface area contributed by atoms with Crippen molar-refractivity contribution in [3.05, 3.63) is 29.0 Å². The van der Waals surface area contributed by atoms with Gasteiger partial charge in [0, 0.05) is 43.8 Å². The minimum atomic E-state index is -0.914. The number of piperazine rings is 1. The van der Waals surface area contributed by atoms with E-state index in [2.05, 4.69) is 9.88 Å². The van der Waals surface area contributed by atoms with Gasteiger partial charge in [0.05, 0.1) is 0 Å². The zero-order valence-corrected chi connectivity index (χ0v) is 14.2. The summed E-state index contributed by atoms with van der Waals surface area (Å²) in [6.45, 7) is 7.21. The first-order valence-electron chi connectivity index (χ1n) is 7.73. The fourth-order valence-corrected chi connectivity index (χ4v) is 3.57. The third kappa shape index (κ3) is 3.80. The summed E-state index contributed by atoms with van der Waals surface area (Å²) in [5, 5.41) is 10.3. The van der Waals surface area contributed by atoms with Crippen LogP contribution in [0, 0.1) is 6.92 Å². The van der Waals surface area contributed by atoms with Gasteiger partial charge in [-0.05, 0) is 26.0 Å². The van der Waals surface area contributed by atoms with E-state index in [-0.39, 0.29) is 5.91 Å². The number of aryl methyl sites for hydroxylation is 1. The SMILES string of the molecule is Cc1ccc(-c2ncc(CN3CCN(C(=O)C(C)O)CC3)s2)o1. The lowest BCUT2D eigenvalue weighted by Gasteiger charge is -2.35. The summed E-state index contributed by atoms with van der Waals surface area (Å²) in [5.41, 5.74) is 0. The lowest BCUT2D eigenvalue weighted by atomic mass is 10.2. The Morgan fingerprint density at radius 1 is 1.39 bits per heavy atom. The highest BCUT2D eigenvalue weighted by atomic mass is 32.1. The number of furan rings is 1. The van der Waals surface area contributed by atoms with Gasteiger partial charge in [-0.1, -0.05) is 0 Å². The molecule has 1 aliphatic rings. The van der Waals surface area contributed by atoms with Crippen LogP contribution >= 0.6 is 11.3 Å². The standard InChI is InChI=1S/C16H21N3O3S/c1-11-3-4-14(22-11)15-17-9-13(23-15)10-18-5-7-19(8-6-18)16(21)12(2)20/h3-4,9,12,20H,5-8,10H2,1-2H3. The van der Waals surface area contributed by atoms with E-state index in [9.17, 15) is 9.90 Å². The van der Waals surface area contributed by atoms with Gasteiger partial charge in [0.15, 0.2) is 10.8 Å². The molecule has 1 fully saturated rings. The fraction of sp³-hybridized carbons (Fsp3) is 0.500. The molecule has 2 aromatic rings. The Labute approximate surface area is 139 Å². The largest absolute Gasteiger partial charge is 0.459 e. The number of hydrogen-bond acceptors (Lipinski definition) is 6. The minimum Gasteiger partial charge on any atom is -0.459 e. The molecule has 3 heterocycles. The first kappa shape index (κ1) is 16.2. The topological polar surface area (TPSA) is 69.8 Å². The van der Waals surface area contributed by atoms with Crippen molar-refractivity contribution in [2.24, 2.45) is 0 Å². The Morgan fingerprint density at radius 3 is 2.74 bits per heavy atom. The van der Waals surface area contributed by atoms with E-state index in [0.29, 0.717) is 13.1 Å². The van der Waals surface area contributed by atoms with Gasteiger partial charge in [0.1, 0.15) is 11.9 Å². The van der Waals surface area contributed by atoms with Gasteiger partial charge >= 0.3 is 0 Å². The number of carbonyl (C=O) groups excluding carboxylic acids is 1. The molecule has 1 amide bonds. The van der Waals surface area contributed by atoms with Crippen LogP contribution in [0.15, 0.2) is 22.7 Å². The molecule has 23 heavy (non-hydrogen) atoms. The number of aromatic nitrogens is 1. The Hall–Kier alpha value is -1.70. The smallest absolute Gasteiger partial charge is 0.251 e. The van der Waals surface area contributed by atoms with Crippen molar-refractivity contribution < 1.29 is 14.3 Å². The van der Waals surface area contributed by atoms with Gasteiger partial charge in [-0.25, -0.2) is 4.98 Å². The van der Waals surface area contributed by atoms with Crippen LogP contribution in [0.5, 0.6) is 0 Å². The van der Waals surface area contributed by atoms with Gasteiger partial charge < -0.3 is 14.4 Å². The van der Waals surface area contributed by atoms with E-state index in [1.54, 1.807) is 16.2 Å². The van der Waals surface area contributed by atoms with Gasteiger partial charge in [-0.3, -0.25) is 9.69 Å². The van der Waals surface area contributed by atoms with Gasteiger partial charge in [-0.2, -0.15) is 0 Å². The quantitative estimate of drug-likeness (QED) is 0.921. The highest BCUT2D eigenvalue weighted by Crippen LogP contribution is 2.27. The van der Waals surface area contributed by atoms with E-state index in [4.69, 9.17) is 4.42 Å². The van der Waals surface area contributed by atoms with E-state index in [1.165, 1.54) is 11.8 Å². The third-order valence-electron chi connectivity index (χ3n) is 3.93. The molecule has 7 heteroatoms. The van der Waals surface area contributed by atoms with Crippen molar-refractivity contribution >= 4 is 17.2 Å². The van der Waals surface area contributed by atoms with Crippen molar-refractivity contribution in [1.29, 1.82) is 0 Å². The predicted octanol–water partition coefficient (Wildman–Crippen LogP) is 1.74. The molecule has 1 atom stereocenters. The molecule has 3 rings (SSSR count). The summed E-state index contributed by atoms with van der Waals surface area (Å²) in [6.07, 6.45) is 0.980. The molecule has 0 spiro atoms. The average Bonchev–Trinajstić information content (AvgIpc) is 3.16. The highest BCUT2D eigenvalue weighted by molar-refractivity contribution is 7.14. The molecule has 0 radical (unpaired) electrons. The minimum absolute atomic E-state index is 0.182. The second kappa shape index (κ2) is 6.82. The Balaban J connectivity index is 1.55. The fourth-order valence-electron chi connectivity index (χ4n) is 2.65. The molecule has 6 nitrogen and oxygen atoms in total. The predicted molar refractivity (Wildman–Crippen MR) is 88.1 cm³/mol. The van der Waals surface area contributed by atoms with Gasteiger partial charge in [0.25, 0.3) is 5.91 Å². The zero-order chi connectivity index (χ0) is 16.4. The summed E-state index contributed by atoms with van der Waals surface area (Å²) in [7, 11) is 0. The normalized spacial score (nSPS) is 17.4. The molecule has 0 aliphatic carbocycles. The molecule has 0 aromatic carbocycles. The second-order valence-corrected chi connectivity index (χ2v) is 6.93. The number of aliphatic hydroxyl groups excluding tert-OH is 1. The molecule has 1 aliphatic heterocycles. The van der Waals surface area contributed by atoms with Crippen molar-refractivity contribution in [1.82, 2.24) is 14.8 Å². The lowest BCUT2D eigenvalue weighted by Crippen LogP contribution is -2.50. The van der Waals surface area contributed by atoms with Crippen LogP contribution in [0.3, 0.4) is 0 Å².